The summed E-state index contributed by atoms with van der Waals surface area (Å²) in [5, 5.41) is 1.58. The second-order valence-corrected chi connectivity index (χ2v) is 6.69. The van der Waals surface area contributed by atoms with E-state index in [4.69, 9.17) is 13.6 Å². The first kappa shape index (κ1) is 17.3. The van der Waals surface area contributed by atoms with Crippen LogP contribution < -0.4 is 10.4 Å². The molecule has 2 heterocycles. The SMILES string of the molecule is COc1ccc(-c2coc3cc4oc(=O)cc(-c5ccccc5)c4cc23)cc1F. The average molecular weight is 386 g/mol. The lowest BCUT2D eigenvalue weighted by Crippen LogP contribution is -1.98. The minimum Gasteiger partial charge on any atom is -0.494 e. The molecule has 0 radical (unpaired) electrons. The molecule has 0 atom stereocenters. The van der Waals surface area contributed by atoms with Gasteiger partial charge in [-0.15, -0.1) is 0 Å². The van der Waals surface area contributed by atoms with Crippen LogP contribution >= 0.6 is 0 Å². The number of ether oxygens (including phenoxy) is 1. The highest BCUT2D eigenvalue weighted by molar-refractivity contribution is 6.05. The van der Waals surface area contributed by atoms with Gasteiger partial charge < -0.3 is 13.6 Å². The number of fused-ring (bicyclic) bond motifs is 2. The van der Waals surface area contributed by atoms with Gasteiger partial charge in [-0.25, -0.2) is 9.18 Å². The maximum Gasteiger partial charge on any atom is 0.336 e. The van der Waals surface area contributed by atoms with Gasteiger partial charge in [-0.05, 0) is 34.9 Å². The molecular formula is C24H15FO4. The lowest BCUT2D eigenvalue weighted by Gasteiger charge is -2.07. The van der Waals surface area contributed by atoms with E-state index in [9.17, 15) is 9.18 Å². The zero-order chi connectivity index (χ0) is 20.0. The van der Waals surface area contributed by atoms with E-state index in [0.29, 0.717) is 16.7 Å². The van der Waals surface area contributed by atoms with Crippen molar-refractivity contribution >= 4 is 21.9 Å². The predicted octanol–water partition coefficient (Wildman–Crippen LogP) is 6.02. The number of hydrogen-bond donors (Lipinski definition) is 0. The van der Waals surface area contributed by atoms with Gasteiger partial charge >= 0.3 is 5.63 Å². The second-order valence-electron chi connectivity index (χ2n) is 6.69. The van der Waals surface area contributed by atoms with E-state index >= 15 is 0 Å². The molecule has 0 aliphatic carbocycles. The first-order chi connectivity index (χ1) is 14.1. The Bertz CT molecular complexity index is 1410. The van der Waals surface area contributed by atoms with E-state index in [1.165, 1.54) is 19.2 Å². The lowest BCUT2D eigenvalue weighted by atomic mass is 9.98. The van der Waals surface area contributed by atoms with Gasteiger partial charge in [-0.1, -0.05) is 36.4 Å². The van der Waals surface area contributed by atoms with Crippen LogP contribution in [0.4, 0.5) is 4.39 Å². The summed E-state index contributed by atoms with van der Waals surface area (Å²) < 4.78 is 30.3. The summed E-state index contributed by atoms with van der Waals surface area (Å²) in [6.45, 7) is 0. The van der Waals surface area contributed by atoms with Crippen molar-refractivity contribution in [1.82, 2.24) is 0 Å². The van der Waals surface area contributed by atoms with Gasteiger partial charge in [0.15, 0.2) is 11.6 Å². The van der Waals surface area contributed by atoms with Crippen LogP contribution in [0.25, 0.3) is 44.2 Å². The van der Waals surface area contributed by atoms with Crippen molar-refractivity contribution in [3.05, 3.63) is 89.2 Å². The number of benzene rings is 3. The molecule has 0 saturated carbocycles. The number of methoxy groups -OCH3 is 1. The Morgan fingerprint density at radius 2 is 1.62 bits per heavy atom. The van der Waals surface area contributed by atoms with Gasteiger partial charge in [0.2, 0.25) is 0 Å². The van der Waals surface area contributed by atoms with Crippen LogP contribution in [-0.4, -0.2) is 7.11 Å². The van der Waals surface area contributed by atoms with Crippen molar-refractivity contribution in [2.24, 2.45) is 0 Å². The molecule has 0 aliphatic heterocycles. The van der Waals surface area contributed by atoms with Gasteiger partial charge in [0.25, 0.3) is 0 Å². The minimum atomic E-state index is -0.448. The largest absolute Gasteiger partial charge is 0.494 e. The normalized spacial score (nSPS) is 11.2. The molecule has 3 aromatic carbocycles. The standard InChI is InChI=1S/C24H15FO4/c1-27-21-8-7-15(9-20(21)25)19-13-28-22-12-23-17(10-18(19)22)16(11-24(26)29-23)14-5-3-2-4-6-14/h2-13H,1H3. The number of halogens is 1. The predicted molar refractivity (Wildman–Crippen MR) is 110 cm³/mol. The molecule has 0 spiro atoms. The molecular weight excluding hydrogens is 371 g/mol. The Hall–Kier alpha value is -3.86. The van der Waals surface area contributed by atoms with Crippen molar-refractivity contribution < 1.29 is 18.0 Å². The van der Waals surface area contributed by atoms with Gasteiger partial charge in [0.1, 0.15) is 11.2 Å². The number of hydrogen-bond acceptors (Lipinski definition) is 4. The highest BCUT2D eigenvalue weighted by Gasteiger charge is 2.15. The van der Waals surface area contributed by atoms with Gasteiger partial charge in [-0.3, -0.25) is 0 Å². The van der Waals surface area contributed by atoms with E-state index in [-0.39, 0.29) is 5.75 Å². The fourth-order valence-corrected chi connectivity index (χ4v) is 3.60. The Balaban J connectivity index is 1.78. The molecule has 5 rings (SSSR count). The van der Waals surface area contributed by atoms with Crippen LogP contribution in [0.5, 0.6) is 5.75 Å². The zero-order valence-corrected chi connectivity index (χ0v) is 15.4. The summed E-state index contributed by atoms with van der Waals surface area (Å²) >= 11 is 0. The quantitative estimate of drug-likeness (QED) is 0.356. The van der Waals surface area contributed by atoms with Crippen LogP contribution in [0.2, 0.25) is 0 Å². The molecule has 0 unspecified atom stereocenters. The first-order valence-electron chi connectivity index (χ1n) is 9.02. The molecule has 5 aromatic rings. The average Bonchev–Trinajstić information content (AvgIpc) is 3.15. The monoisotopic (exact) mass is 386 g/mol. The Kier molecular flexibility index (Phi) is 3.95. The van der Waals surface area contributed by atoms with Crippen molar-refractivity contribution in [3.8, 4) is 28.0 Å². The second kappa shape index (κ2) is 6.63. The summed E-state index contributed by atoms with van der Waals surface area (Å²) in [7, 11) is 1.43. The van der Waals surface area contributed by atoms with E-state index in [0.717, 1.165) is 27.5 Å². The highest BCUT2D eigenvalue weighted by Crippen LogP contribution is 2.37. The Morgan fingerprint density at radius 1 is 0.828 bits per heavy atom. The third-order valence-corrected chi connectivity index (χ3v) is 4.99. The van der Waals surface area contributed by atoms with Crippen molar-refractivity contribution in [3.63, 3.8) is 0 Å². The molecule has 0 saturated heterocycles. The third kappa shape index (κ3) is 2.88. The summed E-state index contributed by atoms with van der Waals surface area (Å²) in [5.41, 5.74) is 3.65. The topological polar surface area (TPSA) is 52.6 Å². The van der Waals surface area contributed by atoms with Crippen molar-refractivity contribution in [2.75, 3.05) is 7.11 Å². The van der Waals surface area contributed by atoms with E-state index < -0.39 is 11.4 Å². The summed E-state index contributed by atoms with van der Waals surface area (Å²) in [6, 6.07) is 19.5. The maximum atomic E-state index is 14.2. The Labute approximate surface area is 164 Å². The molecule has 0 aliphatic rings. The third-order valence-electron chi connectivity index (χ3n) is 4.99. The molecule has 4 nitrogen and oxygen atoms in total. The molecule has 0 amide bonds. The first-order valence-corrected chi connectivity index (χ1v) is 9.02. The number of rotatable bonds is 3. The van der Waals surface area contributed by atoms with Crippen LogP contribution in [-0.2, 0) is 0 Å². The smallest absolute Gasteiger partial charge is 0.336 e. The molecule has 142 valence electrons. The zero-order valence-electron chi connectivity index (χ0n) is 15.4. The molecule has 5 heteroatoms. The molecule has 29 heavy (non-hydrogen) atoms. The Morgan fingerprint density at radius 3 is 2.38 bits per heavy atom. The van der Waals surface area contributed by atoms with Crippen LogP contribution in [0.1, 0.15) is 0 Å². The van der Waals surface area contributed by atoms with Gasteiger partial charge in [0.05, 0.1) is 13.4 Å². The van der Waals surface area contributed by atoms with Gasteiger partial charge in [-0.2, -0.15) is 0 Å². The van der Waals surface area contributed by atoms with Gasteiger partial charge in [0, 0.05) is 28.5 Å². The maximum absolute atomic E-state index is 14.2. The lowest BCUT2D eigenvalue weighted by molar-refractivity contribution is 0.386. The molecule has 0 fully saturated rings. The van der Waals surface area contributed by atoms with Crippen molar-refractivity contribution in [1.29, 1.82) is 0 Å². The summed E-state index contributed by atoms with van der Waals surface area (Å²) in [6.07, 6.45) is 1.57. The molecule has 0 bridgehead atoms. The molecule has 2 aromatic heterocycles. The summed E-state index contributed by atoms with van der Waals surface area (Å²) in [4.78, 5) is 12.1. The van der Waals surface area contributed by atoms with E-state index in [1.54, 1.807) is 24.5 Å². The van der Waals surface area contributed by atoms with E-state index in [1.807, 2.05) is 36.4 Å². The molecule has 0 N–H and O–H groups in total. The van der Waals surface area contributed by atoms with Crippen LogP contribution in [0.3, 0.4) is 0 Å². The highest BCUT2D eigenvalue weighted by atomic mass is 19.1. The van der Waals surface area contributed by atoms with Crippen molar-refractivity contribution in [2.45, 2.75) is 0 Å². The summed E-state index contributed by atoms with van der Waals surface area (Å²) in [5.74, 6) is -0.267. The van der Waals surface area contributed by atoms with Crippen LogP contribution in [0.15, 0.2) is 86.6 Å². The van der Waals surface area contributed by atoms with Crippen LogP contribution in [0, 0.1) is 5.82 Å². The fraction of sp³-hybridized carbons (Fsp3) is 0.0417. The minimum absolute atomic E-state index is 0.181. The number of furan rings is 1. The van der Waals surface area contributed by atoms with E-state index in [2.05, 4.69) is 0 Å². The fourth-order valence-electron chi connectivity index (χ4n) is 3.60.